The Hall–Kier alpha value is -3.41. The lowest BCUT2D eigenvalue weighted by atomic mass is 10.1. The number of carboxylic acids is 1. The van der Waals surface area contributed by atoms with E-state index < -0.39 is 11.9 Å². The maximum atomic E-state index is 11.6. The number of aromatic carboxylic acids is 1. The first kappa shape index (κ1) is 15.5. The number of hydrogen-bond acceptors (Lipinski definition) is 5. The highest BCUT2D eigenvalue weighted by Gasteiger charge is 2.08. The largest absolute Gasteiger partial charge is 0.477 e. The summed E-state index contributed by atoms with van der Waals surface area (Å²) in [5.41, 5.74) is 0.348. The van der Waals surface area contributed by atoms with Crippen LogP contribution in [0.4, 0.5) is 0 Å². The van der Waals surface area contributed by atoms with Crippen LogP contribution in [-0.4, -0.2) is 29.1 Å². The molecule has 1 aromatic heterocycles. The predicted octanol–water partition coefficient (Wildman–Crippen LogP) is 3.51. The first-order valence-corrected chi connectivity index (χ1v) is 7.06. The quantitative estimate of drug-likeness (QED) is 0.739. The van der Waals surface area contributed by atoms with Gasteiger partial charge in [-0.3, -0.25) is 0 Å². The molecule has 0 aliphatic carbocycles. The van der Waals surface area contributed by atoms with Crippen LogP contribution in [0.3, 0.4) is 0 Å². The third-order valence-electron chi connectivity index (χ3n) is 3.42. The van der Waals surface area contributed by atoms with Crippen molar-refractivity contribution in [2.75, 3.05) is 7.11 Å². The van der Waals surface area contributed by atoms with Crippen LogP contribution in [-0.2, 0) is 4.74 Å². The maximum absolute atomic E-state index is 11.6. The van der Waals surface area contributed by atoms with Crippen LogP contribution in [0.25, 0.3) is 10.8 Å². The minimum absolute atomic E-state index is 0.0960. The number of rotatable bonds is 4. The van der Waals surface area contributed by atoms with E-state index >= 15 is 0 Å². The maximum Gasteiger partial charge on any atom is 0.354 e. The molecule has 2 aromatic carbocycles. The van der Waals surface area contributed by atoms with Gasteiger partial charge in [0.25, 0.3) is 0 Å². The van der Waals surface area contributed by atoms with Gasteiger partial charge in [0.05, 0.1) is 12.7 Å². The van der Waals surface area contributed by atoms with E-state index in [-0.39, 0.29) is 5.69 Å². The van der Waals surface area contributed by atoms with E-state index in [2.05, 4.69) is 4.98 Å². The number of methoxy groups -OCH3 is 1. The number of carbonyl (C=O) groups is 2. The SMILES string of the molecule is COC(=O)c1ccc2ccc(Oc3ccnc(C(=O)O)c3)cc2c1. The zero-order chi connectivity index (χ0) is 17.1. The molecule has 0 bridgehead atoms. The van der Waals surface area contributed by atoms with Crippen molar-refractivity contribution in [2.24, 2.45) is 0 Å². The van der Waals surface area contributed by atoms with Gasteiger partial charge in [0, 0.05) is 12.3 Å². The summed E-state index contributed by atoms with van der Waals surface area (Å²) >= 11 is 0. The average Bonchev–Trinajstić information content (AvgIpc) is 2.60. The number of nitrogens with zero attached hydrogens (tertiary/aromatic N) is 1. The second kappa shape index (κ2) is 6.37. The van der Waals surface area contributed by atoms with Crippen molar-refractivity contribution < 1.29 is 24.2 Å². The normalized spacial score (nSPS) is 10.4. The summed E-state index contributed by atoms with van der Waals surface area (Å²) in [4.78, 5) is 26.3. The molecule has 6 nitrogen and oxygen atoms in total. The van der Waals surface area contributed by atoms with Crippen molar-refractivity contribution in [2.45, 2.75) is 0 Å². The van der Waals surface area contributed by atoms with Gasteiger partial charge in [-0.1, -0.05) is 12.1 Å². The molecule has 0 aliphatic rings. The summed E-state index contributed by atoms with van der Waals surface area (Å²) in [5, 5.41) is 10.7. The van der Waals surface area contributed by atoms with E-state index in [0.29, 0.717) is 17.1 Å². The number of fused-ring (bicyclic) bond motifs is 1. The van der Waals surface area contributed by atoms with Crippen LogP contribution in [0.1, 0.15) is 20.8 Å². The van der Waals surface area contributed by atoms with Crippen LogP contribution < -0.4 is 4.74 Å². The zero-order valence-corrected chi connectivity index (χ0v) is 12.7. The molecule has 0 unspecified atom stereocenters. The molecule has 0 radical (unpaired) electrons. The second-order valence-electron chi connectivity index (χ2n) is 5.00. The summed E-state index contributed by atoms with van der Waals surface area (Å²) in [6.45, 7) is 0. The lowest BCUT2D eigenvalue weighted by Crippen LogP contribution is -2.00. The smallest absolute Gasteiger partial charge is 0.354 e. The monoisotopic (exact) mass is 323 g/mol. The Kier molecular flexibility index (Phi) is 4.11. The predicted molar refractivity (Wildman–Crippen MR) is 86.6 cm³/mol. The number of carboxylic acid groups (broad SMARTS) is 1. The summed E-state index contributed by atoms with van der Waals surface area (Å²) in [5.74, 6) is -0.650. The molecule has 1 heterocycles. The molecule has 0 fully saturated rings. The van der Waals surface area contributed by atoms with Crippen molar-refractivity contribution in [1.29, 1.82) is 0 Å². The lowest BCUT2D eigenvalue weighted by molar-refractivity contribution is 0.0600. The highest BCUT2D eigenvalue weighted by Crippen LogP contribution is 2.26. The van der Waals surface area contributed by atoms with Gasteiger partial charge in [-0.25, -0.2) is 14.6 Å². The highest BCUT2D eigenvalue weighted by atomic mass is 16.5. The topological polar surface area (TPSA) is 85.7 Å². The molecule has 3 rings (SSSR count). The van der Waals surface area contributed by atoms with E-state index in [1.54, 1.807) is 30.3 Å². The Labute approximate surface area is 137 Å². The Bertz CT molecular complexity index is 936. The number of carbonyl (C=O) groups excluding carboxylic acids is 1. The van der Waals surface area contributed by atoms with Crippen LogP contribution in [0.5, 0.6) is 11.5 Å². The molecule has 0 amide bonds. The number of aromatic nitrogens is 1. The van der Waals surface area contributed by atoms with E-state index in [9.17, 15) is 9.59 Å². The zero-order valence-electron chi connectivity index (χ0n) is 12.7. The summed E-state index contributed by atoms with van der Waals surface area (Å²) in [6.07, 6.45) is 1.37. The molecule has 0 spiro atoms. The Balaban J connectivity index is 1.93. The standard InChI is InChI=1S/C18H13NO5/c1-23-18(22)12-3-2-11-4-5-14(9-13(11)8-12)24-15-6-7-19-16(10-15)17(20)21/h2-10H,1H3,(H,20,21). The van der Waals surface area contributed by atoms with Crippen molar-refractivity contribution in [1.82, 2.24) is 4.98 Å². The highest BCUT2D eigenvalue weighted by molar-refractivity contribution is 5.95. The third-order valence-corrected chi connectivity index (χ3v) is 3.42. The van der Waals surface area contributed by atoms with Crippen molar-refractivity contribution in [3.63, 3.8) is 0 Å². The average molecular weight is 323 g/mol. The Morgan fingerprint density at radius 2 is 1.71 bits per heavy atom. The Morgan fingerprint density at radius 1 is 0.958 bits per heavy atom. The molecule has 0 aliphatic heterocycles. The minimum Gasteiger partial charge on any atom is -0.477 e. The second-order valence-corrected chi connectivity index (χ2v) is 5.00. The lowest BCUT2D eigenvalue weighted by Gasteiger charge is -2.08. The van der Waals surface area contributed by atoms with Gasteiger partial charge in [-0.15, -0.1) is 0 Å². The van der Waals surface area contributed by atoms with Crippen LogP contribution in [0.15, 0.2) is 54.7 Å². The Morgan fingerprint density at radius 3 is 2.46 bits per heavy atom. The molecule has 0 saturated heterocycles. The van der Waals surface area contributed by atoms with E-state index in [1.807, 2.05) is 12.1 Å². The van der Waals surface area contributed by atoms with Gasteiger partial charge in [0.15, 0.2) is 5.69 Å². The van der Waals surface area contributed by atoms with Crippen molar-refractivity contribution in [3.05, 3.63) is 66.0 Å². The van der Waals surface area contributed by atoms with Crippen LogP contribution >= 0.6 is 0 Å². The first-order chi connectivity index (χ1) is 11.6. The molecule has 3 aromatic rings. The summed E-state index contributed by atoms with van der Waals surface area (Å²) < 4.78 is 10.4. The van der Waals surface area contributed by atoms with Gasteiger partial charge in [-0.2, -0.15) is 0 Å². The fourth-order valence-electron chi connectivity index (χ4n) is 2.26. The van der Waals surface area contributed by atoms with Gasteiger partial charge >= 0.3 is 11.9 Å². The van der Waals surface area contributed by atoms with Gasteiger partial charge in [-0.05, 0) is 41.1 Å². The molecule has 1 N–H and O–H groups in total. The number of hydrogen-bond donors (Lipinski definition) is 1. The molecule has 6 heteroatoms. The van der Waals surface area contributed by atoms with E-state index in [4.69, 9.17) is 14.6 Å². The van der Waals surface area contributed by atoms with Crippen molar-refractivity contribution >= 4 is 22.7 Å². The fourth-order valence-corrected chi connectivity index (χ4v) is 2.26. The van der Waals surface area contributed by atoms with Crippen LogP contribution in [0, 0.1) is 0 Å². The number of pyridine rings is 1. The number of esters is 1. The van der Waals surface area contributed by atoms with Crippen LogP contribution in [0.2, 0.25) is 0 Å². The minimum atomic E-state index is -1.12. The molecular formula is C18H13NO5. The first-order valence-electron chi connectivity index (χ1n) is 7.06. The number of ether oxygens (including phenoxy) is 2. The summed E-state index contributed by atoms with van der Waals surface area (Å²) in [7, 11) is 1.33. The van der Waals surface area contributed by atoms with Gasteiger partial charge in [0.2, 0.25) is 0 Å². The van der Waals surface area contributed by atoms with E-state index in [0.717, 1.165) is 10.8 Å². The third kappa shape index (κ3) is 3.17. The van der Waals surface area contributed by atoms with E-state index in [1.165, 1.54) is 19.4 Å². The molecule has 24 heavy (non-hydrogen) atoms. The molecule has 120 valence electrons. The van der Waals surface area contributed by atoms with Gasteiger partial charge in [0.1, 0.15) is 11.5 Å². The fraction of sp³-hybridized carbons (Fsp3) is 0.0556. The molecule has 0 saturated carbocycles. The number of benzene rings is 2. The van der Waals surface area contributed by atoms with Crippen molar-refractivity contribution in [3.8, 4) is 11.5 Å². The summed E-state index contributed by atoms with van der Waals surface area (Å²) in [6, 6.07) is 13.5. The molecule has 0 atom stereocenters. The van der Waals surface area contributed by atoms with Gasteiger partial charge < -0.3 is 14.6 Å². The molecular weight excluding hydrogens is 310 g/mol.